The van der Waals surface area contributed by atoms with Crippen molar-refractivity contribution >= 4 is 22.5 Å². The third kappa shape index (κ3) is 4.51. The summed E-state index contributed by atoms with van der Waals surface area (Å²) in [5, 5.41) is 15.4. The van der Waals surface area contributed by atoms with Crippen LogP contribution in [0, 0.1) is 5.82 Å². The van der Waals surface area contributed by atoms with E-state index >= 15 is 4.39 Å². The molecule has 2 aliphatic rings. The van der Waals surface area contributed by atoms with Gasteiger partial charge in [0.15, 0.2) is 5.82 Å². The van der Waals surface area contributed by atoms with E-state index in [0.29, 0.717) is 42.8 Å². The molecule has 38 heavy (non-hydrogen) atoms. The average Bonchev–Trinajstić information content (AvgIpc) is 3.42. The second-order valence-corrected chi connectivity index (χ2v) is 9.53. The van der Waals surface area contributed by atoms with E-state index in [4.69, 9.17) is 9.47 Å². The standard InChI is InChI=1S/C24H26F4N8O2/c1-37-23-22-21(13-2-3-18-19(8-13)35(33-31-18)7-5-20(27)28)16(26)10-36(22)32-24(30-23)29-17-4-6-34(9-15(17)25)14-11-38-12-14/h2-3,8,10,14-15,17,20H,4-7,9,11-12H2,1H3,(H,29,32)/t15-,17-/m0/s1. The number of ether oxygens (including phenoxy) is 2. The zero-order chi connectivity index (χ0) is 26.4. The van der Waals surface area contributed by atoms with Gasteiger partial charge < -0.3 is 14.8 Å². The Hall–Kier alpha value is -3.52. The Kier molecular flexibility index (Phi) is 6.51. The smallest absolute Gasteiger partial charge is 0.244 e. The summed E-state index contributed by atoms with van der Waals surface area (Å²) in [4.78, 5) is 6.50. The maximum Gasteiger partial charge on any atom is 0.244 e. The summed E-state index contributed by atoms with van der Waals surface area (Å²) < 4.78 is 69.1. The number of piperidine rings is 1. The number of aromatic nitrogens is 6. The van der Waals surface area contributed by atoms with Crippen molar-refractivity contribution in [3.63, 3.8) is 0 Å². The minimum Gasteiger partial charge on any atom is -0.479 e. The van der Waals surface area contributed by atoms with Crippen LogP contribution in [0.25, 0.3) is 27.7 Å². The van der Waals surface area contributed by atoms with Gasteiger partial charge in [-0.3, -0.25) is 4.90 Å². The Labute approximate surface area is 214 Å². The van der Waals surface area contributed by atoms with Crippen LogP contribution in [-0.4, -0.2) is 92.6 Å². The molecule has 14 heteroatoms. The molecular formula is C24H26F4N8O2. The van der Waals surface area contributed by atoms with E-state index in [0.717, 1.165) is 6.54 Å². The number of alkyl halides is 3. The molecule has 0 radical (unpaired) electrons. The molecule has 0 amide bonds. The molecule has 6 rings (SSSR count). The second-order valence-electron chi connectivity index (χ2n) is 9.53. The van der Waals surface area contributed by atoms with Gasteiger partial charge in [-0.1, -0.05) is 11.3 Å². The van der Waals surface area contributed by atoms with Gasteiger partial charge in [-0.15, -0.1) is 10.2 Å². The Morgan fingerprint density at radius 3 is 2.82 bits per heavy atom. The summed E-state index contributed by atoms with van der Waals surface area (Å²) in [5.74, 6) is -0.362. The van der Waals surface area contributed by atoms with Crippen LogP contribution in [0.3, 0.4) is 0 Å². The van der Waals surface area contributed by atoms with Crippen molar-refractivity contribution in [2.24, 2.45) is 0 Å². The van der Waals surface area contributed by atoms with E-state index in [1.54, 1.807) is 18.2 Å². The number of nitrogens with one attached hydrogen (secondary N) is 1. The van der Waals surface area contributed by atoms with Gasteiger partial charge in [-0.05, 0) is 24.1 Å². The molecule has 0 bridgehead atoms. The van der Waals surface area contributed by atoms with E-state index in [1.165, 1.54) is 22.5 Å². The summed E-state index contributed by atoms with van der Waals surface area (Å²) in [6.07, 6.45) is -2.24. The molecule has 5 heterocycles. The van der Waals surface area contributed by atoms with Gasteiger partial charge in [-0.25, -0.2) is 26.8 Å². The number of benzene rings is 1. The van der Waals surface area contributed by atoms with E-state index in [1.807, 2.05) is 0 Å². The SMILES string of the molecule is COc1nc(N[C@H]2CCN(C3COC3)C[C@@H]2F)nn2cc(F)c(-c3ccc4nnn(CCC(F)F)c4c3)c12. The molecule has 4 aromatic rings. The van der Waals surface area contributed by atoms with Gasteiger partial charge in [0, 0.05) is 26.1 Å². The first-order chi connectivity index (χ1) is 18.4. The first-order valence-corrected chi connectivity index (χ1v) is 12.4. The number of hydrogen-bond donors (Lipinski definition) is 1. The van der Waals surface area contributed by atoms with Crippen LogP contribution in [0.15, 0.2) is 24.4 Å². The fourth-order valence-corrected chi connectivity index (χ4v) is 5.03. The number of halogens is 4. The Balaban J connectivity index is 1.30. The van der Waals surface area contributed by atoms with Crippen molar-refractivity contribution in [2.75, 3.05) is 38.7 Å². The second kappa shape index (κ2) is 9.98. The lowest BCUT2D eigenvalue weighted by Crippen LogP contribution is -2.57. The number of hydrogen-bond acceptors (Lipinski definition) is 8. The topological polar surface area (TPSA) is 94.6 Å². The van der Waals surface area contributed by atoms with Crippen LogP contribution in [0.5, 0.6) is 5.88 Å². The molecule has 10 nitrogen and oxygen atoms in total. The highest BCUT2D eigenvalue weighted by Crippen LogP contribution is 2.35. The molecule has 3 aromatic heterocycles. The molecule has 2 aliphatic heterocycles. The predicted octanol–water partition coefficient (Wildman–Crippen LogP) is 3.17. The van der Waals surface area contributed by atoms with Crippen LogP contribution in [0.4, 0.5) is 23.5 Å². The number of likely N-dealkylation sites (tertiary alicyclic amines) is 1. The lowest BCUT2D eigenvalue weighted by atomic mass is 10.0. The number of aryl methyl sites for hydroxylation is 1. The summed E-state index contributed by atoms with van der Waals surface area (Å²) in [6, 6.07) is 4.71. The minimum atomic E-state index is -2.48. The third-order valence-corrected chi connectivity index (χ3v) is 7.13. The number of methoxy groups -OCH3 is 1. The lowest BCUT2D eigenvalue weighted by molar-refractivity contribution is -0.0794. The van der Waals surface area contributed by atoms with Crippen LogP contribution in [0.2, 0.25) is 0 Å². The maximum atomic E-state index is 15.3. The normalized spacial score (nSPS) is 20.9. The monoisotopic (exact) mass is 534 g/mol. The molecule has 0 saturated carbocycles. The van der Waals surface area contributed by atoms with Crippen LogP contribution in [0.1, 0.15) is 12.8 Å². The molecule has 202 valence electrons. The highest BCUT2D eigenvalue weighted by molar-refractivity contribution is 5.89. The molecule has 1 aromatic carbocycles. The van der Waals surface area contributed by atoms with Crippen LogP contribution >= 0.6 is 0 Å². The quantitative estimate of drug-likeness (QED) is 0.345. The van der Waals surface area contributed by atoms with E-state index in [2.05, 4.69) is 30.6 Å². The molecule has 0 unspecified atom stereocenters. The largest absolute Gasteiger partial charge is 0.479 e. The van der Waals surface area contributed by atoms with Crippen molar-refractivity contribution in [1.82, 2.24) is 34.5 Å². The fourth-order valence-electron chi connectivity index (χ4n) is 5.03. The van der Waals surface area contributed by atoms with Crippen molar-refractivity contribution in [1.29, 1.82) is 0 Å². The zero-order valence-electron chi connectivity index (χ0n) is 20.5. The predicted molar refractivity (Wildman–Crippen MR) is 130 cm³/mol. The van der Waals surface area contributed by atoms with Gasteiger partial charge in [0.25, 0.3) is 0 Å². The van der Waals surface area contributed by atoms with Crippen molar-refractivity contribution in [3.05, 3.63) is 30.2 Å². The van der Waals surface area contributed by atoms with Crippen molar-refractivity contribution in [3.8, 4) is 17.0 Å². The summed E-state index contributed by atoms with van der Waals surface area (Å²) in [6.45, 7) is 2.24. The minimum absolute atomic E-state index is 0.0268. The van der Waals surface area contributed by atoms with E-state index < -0.39 is 24.5 Å². The number of fused-ring (bicyclic) bond motifs is 2. The fraction of sp³-hybridized carbons (Fsp3) is 0.500. The zero-order valence-corrected chi connectivity index (χ0v) is 20.5. The molecule has 0 aliphatic carbocycles. The van der Waals surface area contributed by atoms with Gasteiger partial charge in [-0.2, -0.15) is 4.98 Å². The average molecular weight is 535 g/mol. The van der Waals surface area contributed by atoms with Crippen LogP contribution in [-0.2, 0) is 11.3 Å². The highest BCUT2D eigenvalue weighted by Gasteiger charge is 2.36. The van der Waals surface area contributed by atoms with Crippen molar-refractivity contribution < 1.29 is 27.0 Å². The molecular weight excluding hydrogens is 508 g/mol. The van der Waals surface area contributed by atoms with Crippen molar-refractivity contribution in [2.45, 2.75) is 44.1 Å². The third-order valence-electron chi connectivity index (χ3n) is 7.13. The van der Waals surface area contributed by atoms with Crippen LogP contribution < -0.4 is 10.1 Å². The highest BCUT2D eigenvalue weighted by atomic mass is 19.3. The molecule has 2 atom stereocenters. The number of nitrogens with zero attached hydrogens (tertiary/aromatic N) is 7. The molecule has 0 spiro atoms. The Bertz CT molecular complexity index is 1460. The molecule has 1 N–H and O–H groups in total. The first-order valence-electron chi connectivity index (χ1n) is 12.4. The Morgan fingerprint density at radius 1 is 1.26 bits per heavy atom. The first kappa shape index (κ1) is 24.8. The Morgan fingerprint density at radius 2 is 2.11 bits per heavy atom. The van der Waals surface area contributed by atoms with Gasteiger partial charge in [0.1, 0.15) is 17.2 Å². The van der Waals surface area contributed by atoms with Gasteiger partial charge in [0.05, 0.1) is 49.7 Å². The maximum absolute atomic E-state index is 15.3. The van der Waals surface area contributed by atoms with E-state index in [9.17, 15) is 13.2 Å². The van der Waals surface area contributed by atoms with E-state index in [-0.39, 0.29) is 41.9 Å². The van der Waals surface area contributed by atoms with Gasteiger partial charge in [0.2, 0.25) is 18.3 Å². The summed E-state index contributed by atoms with van der Waals surface area (Å²) in [7, 11) is 1.41. The molecule has 2 saturated heterocycles. The molecule has 2 fully saturated rings. The lowest BCUT2D eigenvalue weighted by Gasteiger charge is -2.42. The van der Waals surface area contributed by atoms with Gasteiger partial charge >= 0.3 is 0 Å². The summed E-state index contributed by atoms with van der Waals surface area (Å²) in [5.41, 5.74) is 1.90. The number of rotatable bonds is 8. The number of anilines is 1. The summed E-state index contributed by atoms with van der Waals surface area (Å²) >= 11 is 0.